The number of nitrogens with one attached hydrogen (secondary N) is 1. The lowest BCUT2D eigenvalue weighted by molar-refractivity contribution is -0.178. The summed E-state index contributed by atoms with van der Waals surface area (Å²) in [6, 6.07) is 3.68. The Morgan fingerprint density at radius 2 is 2.00 bits per heavy atom. The zero-order valence-corrected chi connectivity index (χ0v) is 12.2. The molecule has 0 bridgehead atoms. The van der Waals surface area contributed by atoms with Crippen LogP contribution in [0.4, 0.5) is 5.69 Å². The molecule has 6 heteroatoms. The lowest BCUT2D eigenvalue weighted by atomic mass is 9.83. The van der Waals surface area contributed by atoms with Gasteiger partial charge in [0, 0.05) is 31.5 Å². The molecule has 1 aromatic heterocycles. The minimum Gasteiger partial charge on any atom is -0.397 e. The normalized spacial score (nSPS) is 21.6. The number of aromatic nitrogens is 1. The van der Waals surface area contributed by atoms with Gasteiger partial charge in [-0.2, -0.15) is 0 Å². The number of nitrogen functional groups attached to an aromatic ring is 1. The largest absolute Gasteiger partial charge is 0.397 e. The Kier molecular flexibility index (Phi) is 3.82. The quantitative estimate of drug-likeness (QED) is 0.860. The summed E-state index contributed by atoms with van der Waals surface area (Å²) in [5.74, 6) is -0.287. The van der Waals surface area contributed by atoms with Gasteiger partial charge in [0.25, 0.3) is 5.91 Å². The van der Waals surface area contributed by atoms with Gasteiger partial charge in [-0.05, 0) is 25.0 Å². The van der Waals surface area contributed by atoms with E-state index in [4.69, 9.17) is 15.2 Å². The molecule has 2 aliphatic rings. The smallest absolute Gasteiger partial charge is 0.271 e. The van der Waals surface area contributed by atoms with Crippen LogP contribution in [0.2, 0.25) is 0 Å². The van der Waals surface area contributed by atoms with Gasteiger partial charge in [0.2, 0.25) is 0 Å². The third-order valence-corrected chi connectivity index (χ3v) is 4.37. The highest BCUT2D eigenvalue weighted by Crippen LogP contribution is 2.41. The van der Waals surface area contributed by atoms with Crippen molar-refractivity contribution in [1.82, 2.24) is 10.3 Å². The SMILES string of the molecule is CNC(=O)c1nc(C2CCC3(CC2)OCCO3)ccc1N. The fourth-order valence-corrected chi connectivity index (χ4v) is 3.15. The highest BCUT2D eigenvalue weighted by Gasteiger charge is 2.40. The van der Waals surface area contributed by atoms with Crippen molar-refractivity contribution in [2.45, 2.75) is 37.4 Å². The molecule has 0 aromatic carbocycles. The predicted octanol–water partition coefficient (Wildman–Crippen LogP) is 1.42. The molecule has 2 fully saturated rings. The number of anilines is 1. The lowest BCUT2D eigenvalue weighted by Gasteiger charge is -2.35. The summed E-state index contributed by atoms with van der Waals surface area (Å²) >= 11 is 0. The molecular weight excluding hydrogens is 270 g/mol. The third-order valence-electron chi connectivity index (χ3n) is 4.37. The summed E-state index contributed by atoms with van der Waals surface area (Å²) in [7, 11) is 1.58. The van der Waals surface area contributed by atoms with Crippen molar-refractivity contribution in [2.75, 3.05) is 26.0 Å². The number of carbonyl (C=O) groups is 1. The zero-order valence-electron chi connectivity index (χ0n) is 12.2. The molecule has 3 N–H and O–H groups in total. The average Bonchev–Trinajstić information content (AvgIpc) is 2.96. The molecule has 21 heavy (non-hydrogen) atoms. The molecule has 3 rings (SSSR count). The van der Waals surface area contributed by atoms with Crippen LogP contribution < -0.4 is 11.1 Å². The fraction of sp³-hybridized carbons (Fsp3) is 0.600. The van der Waals surface area contributed by atoms with E-state index in [9.17, 15) is 4.79 Å². The van der Waals surface area contributed by atoms with Crippen LogP contribution in [0.3, 0.4) is 0 Å². The van der Waals surface area contributed by atoms with Gasteiger partial charge in [0.05, 0.1) is 18.9 Å². The molecule has 1 aliphatic carbocycles. The first kappa shape index (κ1) is 14.3. The van der Waals surface area contributed by atoms with Crippen LogP contribution in [-0.2, 0) is 9.47 Å². The van der Waals surface area contributed by atoms with Crippen LogP contribution in [0.25, 0.3) is 0 Å². The third kappa shape index (κ3) is 2.73. The van der Waals surface area contributed by atoms with Gasteiger partial charge in [0.15, 0.2) is 11.5 Å². The second-order valence-corrected chi connectivity index (χ2v) is 5.63. The first-order valence-corrected chi connectivity index (χ1v) is 7.40. The summed E-state index contributed by atoms with van der Waals surface area (Å²) in [6.45, 7) is 1.37. The zero-order chi connectivity index (χ0) is 14.9. The number of amides is 1. The molecular formula is C15H21N3O3. The van der Waals surface area contributed by atoms with E-state index in [0.717, 1.165) is 31.4 Å². The van der Waals surface area contributed by atoms with E-state index < -0.39 is 0 Å². The Morgan fingerprint density at radius 1 is 1.33 bits per heavy atom. The molecule has 114 valence electrons. The van der Waals surface area contributed by atoms with Crippen molar-refractivity contribution in [3.8, 4) is 0 Å². The molecule has 0 unspecified atom stereocenters. The van der Waals surface area contributed by atoms with E-state index in [1.807, 2.05) is 6.07 Å². The van der Waals surface area contributed by atoms with E-state index in [1.165, 1.54) is 0 Å². The second kappa shape index (κ2) is 5.61. The molecule has 1 spiro atoms. The average molecular weight is 291 g/mol. The lowest BCUT2D eigenvalue weighted by Crippen LogP contribution is -2.34. The van der Waals surface area contributed by atoms with E-state index in [2.05, 4.69) is 10.3 Å². The molecule has 2 heterocycles. The number of rotatable bonds is 2. The number of hydrogen-bond donors (Lipinski definition) is 2. The molecule has 6 nitrogen and oxygen atoms in total. The van der Waals surface area contributed by atoms with Gasteiger partial charge >= 0.3 is 0 Å². The van der Waals surface area contributed by atoms with E-state index in [0.29, 0.717) is 30.5 Å². The summed E-state index contributed by atoms with van der Waals surface area (Å²) in [5, 5.41) is 2.57. The van der Waals surface area contributed by atoms with Crippen molar-refractivity contribution in [1.29, 1.82) is 0 Å². The second-order valence-electron chi connectivity index (χ2n) is 5.63. The first-order chi connectivity index (χ1) is 10.1. The van der Waals surface area contributed by atoms with Gasteiger partial charge in [-0.15, -0.1) is 0 Å². The molecule has 1 saturated carbocycles. The van der Waals surface area contributed by atoms with Crippen molar-refractivity contribution in [2.24, 2.45) is 0 Å². The van der Waals surface area contributed by atoms with E-state index in [-0.39, 0.29) is 11.7 Å². The molecule has 1 aliphatic heterocycles. The highest BCUT2D eigenvalue weighted by molar-refractivity contribution is 5.96. The highest BCUT2D eigenvalue weighted by atomic mass is 16.7. The van der Waals surface area contributed by atoms with Gasteiger partial charge in [-0.1, -0.05) is 0 Å². The van der Waals surface area contributed by atoms with Gasteiger partial charge in [-0.3, -0.25) is 4.79 Å². The number of ether oxygens (including phenoxy) is 2. The van der Waals surface area contributed by atoms with Gasteiger partial charge < -0.3 is 20.5 Å². The van der Waals surface area contributed by atoms with Crippen LogP contribution in [-0.4, -0.2) is 36.9 Å². The summed E-state index contributed by atoms with van der Waals surface area (Å²) in [4.78, 5) is 16.2. The maximum atomic E-state index is 11.8. The molecule has 1 saturated heterocycles. The Balaban J connectivity index is 1.74. The van der Waals surface area contributed by atoms with Crippen molar-refractivity contribution in [3.63, 3.8) is 0 Å². The van der Waals surface area contributed by atoms with Crippen molar-refractivity contribution >= 4 is 11.6 Å². The molecule has 0 atom stereocenters. The summed E-state index contributed by atoms with van der Waals surface area (Å²) in [6.07, 6.45) is 3.65. The van der Waals surface area contributed by atoms with Crippen LogP contribution >= 0.6 is 0 Å². The standard InChI is InChI=1S/C15H21N3O3/c1-17-14(19)13-11(16)2-3-12(18-13)10-4-6-15(7-5-10)20-8-9-21-15/h2-3,10H,4-9,16H2,1H3,(H,17,19). The first-order valence-electron chi connectivity index (χ1n) is 7.40. The predicted molar refractivity (Wildman–Crippen MR) is 77.9 cm³/mol. The monoisotopic (exact) mass is 291 g/mol. The number of carbonyl (C=O) groups excluding carboxylic acids is 1. The van der Waals surface area contributed by atoms with Crippen LogP contribution in [0, 0.1) is 0 Å². The molecule has 0 radical (unpaired) electrons. The molecule has 1 amide bonds. The van der Waals surface area contributed by atoms with Gasteiger partial charge in [-0.25, -0.2) is 4.98 Å². The van der Waals surface area contributed by atoms with Crippen molar-refractivity contribution < 1.29 is 14.3 Å². The minimum absolute atomic E-state index is 0.246. The number of pyridine rings is 1. The maximum Gasteiger partial charge on any atom is 0.271 e. The molecule has 1 aromatic rings. The Bertz CT molecular complexity index is 531. The maximum absolute atomic E-state index is 11.8. The number of hydrogen-bond acceptors (Lipinski definition) is 5. The van der Waals surface area contributed by atoms with Crippen molar-refractivity contribution in [3.05, 3.63) is 23.5 Å². The van der Waals surface area contributed by atoms with Crippen LogP contribution in [0.1, 0.15) is 47.8 Å². The van der Waals surface area contributed by atoms with Crippen LogP contribution in [0.5, 0.6) is 0 Å². The summed E-state index contributed by atoms with van der Waals surface area (Å²) < 4.78 is 11.5. The van der Waals surface area contributed by atoms with Crippen LogP contribution in [0.15, 0.2) is 12.1 Å². The fourth-order valence-electron chi connectivity index (χ4n) is 3.15. The van der Waals surface area contributed by atoms with E-state index >= 15 is 0 Å². The van der Waals surface area contributed by atoms with Gasteiger partial charge in [0.1, 0.15) is 0 Å². The topological polar surface area (TPSA) is 86.5 Å². The Labute approximate surface area is 124 Å². The summed E-state index contributed by atoms with van der Waals surface area (Å²) in [5.41, 5.74) is 7.47. The number of nitrogens with two attached hydrogens (primary N) is 1. The van der Waals surface area contributed by atoms with E-state index in [1.54, 1.807) is 13.1 Å². The minimum atomic E-state index is -0.367. The Morgan fingerprint density at radius 3 is 2.62 bits per heavy atom. The Hall–Kier alpha value is -1.66. The number of nitrogens with zero attached hydrogens (tertiary/aromatic N) is 1.